The van der Waals surface area contributed by atoms with Crippen molar-refractivity contribution in [1.29, 1.82) is 0 Å². The van der Waals surface area contributed by atoms with Gasteiger partial charge in [-0.2, -0.15) is 0 Å². The van der Waals surface area contributed by atoms with Crippen molar-refractivity contribution in [3.8, 4) is 0 Å². The summed E-state index contributed by atoms with van der Waals surface area (Å²) in [4.78, 5) is 42.7. The molecular formula is C24H20N4O4. The first kappa shape index (κ1) is 20.9. The van der Waals surface area contributed by atoms with E-state index >= 15 is 0 Å². The molecule has 1 aliphatic rings. The second-order valence-corrected chi connectivity index (χ2v) is 7.42. The van der Waals surface area contributed by atoms with Crippen LogP contribution in [0.25, 0.3) is 0 Å². The monoisotopic (exact) mass is 428 g/mol. The zero-order valence-electron chi connectivity index (χ0n) is 17.5. The number of aliphatic imine (C=N–C) groups is 1. The second kappa shape index (κ2) is 8.43. The van der Waals surface area contributed by atoms with Crippen molar-refractivity contribution in [2.24, 2.45) is 4.99 Å². The SMILES string of the molecule is Cc1cc([N+](=O)[O-])ccc1C(=O)N(C)C1N=C(c2ccccc2)c2ccccc2NC1=O. The molecule has 1 aliphatic heterocycles. The number of amides is 2. The number of fused-ring (bicyclic) bond motifs is 1. The number of anilines is 1. The molecule has 3 aromatic carbocycles. The Labute approximate surface area is 184 Å². The van der Waals surface area contributed by atoms with E-state index in [1.807, 2.05) is 48.5 Å². The Bertz CT molecular complexity index is 1250. The number of likely N-dealkylation sites (N-methyl/N-ethyl adjacent to an activating group) is 1. The third kappa shape index (κ3) is 3.85. The highest BCUT2D eigenvalue weighted by atomic mass is 16.6. The van der Waals surface area contributed by atoms with Crippen molar-refractivity contribution in [3.63, 3.8) is 0 Å². The van der Waals surface area contributed by atoms with Gasteiger partial charge in [0.15, 0.2) is 0 Å². The summed E-state index contributed by atoms with van der Waals surface area (Å²) in [5.41, 5.74) is 3.37. The van der Waals surface area contributed by atoms with E-state index in [-0.39, 0.29) is 11.3 Å². The Morgan fingerprint density at radius 2 is 1.75 bits per heavy atom. The molecule has 0 saturated carbocycles. The van der Waals surface area contributed by atoms with Crippen molar-refractivity contribution in [3.05, 3.63) is 105 Å². The summed E-state index contributed by atoms with van der Waals surface area (Å²) >= 11 is 0. The minimum Gasteiger partial charge on any atom is -0.322 e. The van der Waals surface area contributed by atoms with Gasteiger partial charge in [0.05, 0.1) is 16.3 Å². The van der Waals surface area contributed by atoms with Gasteiger partial charge in [0.25, 0.3) is 17.5 Å². The molecule has 1 N–H and O–H groups in total. The summed E-state index contributed by atoms with van der Waals surface area (Å²) < 4.78 is 0. The number of para-hydroxylation sites is 1. The van der Waals surface area contributed by atoms with Crippen LogP contribution in [0.4, 0.5) is 11.4 Å². The number of rotatable bonds is 4. The van der Waals surface area contributed by atoms with Crippen LogP contribution in [-0.4, -0.2) is 40.6 Å². The lowest BCUT2D eigenvalue weighted by atomic mass is 10.0. The molecule has 8 heteroatoms. The molecule has 0 spiro atoms. The van der Waals surface area contributed by atoms with E-state index in [0.29, 0.717) is 17.0 Å². The van der Waals surface area contributed by atoms with Gasteiger partial charge in [0, 0.05) is 35.9 Å². The Morgan fingerprint density at radius 3 is 2.44 bits per heavy atom. The molecule has 2 amide bonds. The van der Waals surface area contributed by atoms with Gasteiger partial charge in [-0.25, -0.2) is 4.99 Å². The van der Waals surface area contributed by atoms with E-state index in [2.05, 4.69) is 5.32 Å². The van der Waals surface area contributed by atoms with Gasteiger partial charge >= 0.3 is 0 Å². The lowest BCUT2D eigenvalue weighted by Crippen LogP contribution is -2.44. The van der Waals surface area contributed by atoms with Crippen molar-refractivity contribution < 1.29 is 14.5 Å². The molecule has 1 heterocycles. The number of nitrogens with one attached hydrogen (secondary N) is 1. The topological polar surface area (TPSA) is 105 Å². The van der Waals surface area contributed by atoms with Crippen LogP contribution in [0.1, 0.15) is 27.0 Å². The number of hydrogen-bond acceptors (Lipinski definition) is 5. The number of hydrogen-bond donors (Lipinski definition) is 1. The fraction of sp³-hybridized carbons (Fsp3) is 0.125. The fourth-order valence-electron chi connectivity index (χ4n) is 3.64. The Kier molecular flexibility index (Phi) is 5.51. The average molecular weight is 428 g/mol. The molecule has 1 unspecified atom stereocenters. The second-order valence-electron chi connectivity index (χ2n) is 7.42. The molecule has 0 aliphatic carbocycles. The number of aryl methyl sites for hydroxylation is 1. The maximum atomic E-state index is 13.2. The molecular weight excluding hydrogens is 408 g/mol. The molecule has 160 valence electrons. The lowest BCUT2D eigenvalue weighted by Gasteiger charge is -2.24. The van der Waals surface area contributed by atoms with Crippen molar-refractivity contribution in [2.45, 2.75) is 13.1 Å². The number of nitro groups is 1. The Balaban J connectivity index is 1.76. The third-order valence-electron chi connectivity index (χ3n) is 5.31. The zero-order chi connectivity index (χ0) is 22.8. The summed E-state index contributed by atoms with van der Waals surface area (Å²) in [6, 6.07) is 20.8. The molecule has 4 rings (SSSR count). The summed E-state index contributed by atoms with van der Waals surface area (Å²) in [5, 5.41) is 13.9. The van der Waals surface area contributed by atoms with Crippen molar-refractivity contribution in [1.82, 2.24) is 4.90 Å². The zero-order valence-corrected chi connectivity index (χ0v) is 17.5. The van der Waals surface area contributed by atoms with Gasteiger partial charge in [0.1, 0.15) is 0 Å². The van der Waals surface area contributed by atoms with E-state index in [4.69, 9.17) is 4.99 Å². The summed E-state index contributed by atoms with van der Waals surface area (Å²) in [6.45, 7) is 1.62. The van der Waals surface area contributed by atoms with Gasteiger partial charge in [-0.05, 0) is 24.6 Å². The number of nitrogens with zero attached hydrogens (tertiary/aromatic N) is 3. The van der Waals surface area contributed by atoms with Crippen LogP contribution in [0.5, 0.6) is 0 Å². The van der Waals surface area contributed by atoms with Crippen LogP contribution in [0.3, 0.4) is 0 Å². The van der Waals surface area contributed by atoms with E-state index in [1.54, 1.807) is 13.0 Å². The van der Waals surface area contributed by atoms with Gasteiger partial charge in [-0.1, -0.05) is 48.5 Å². The minimum atomic E-state index is -1.13. The average Bonchev–Trinajstić information content (AvgIpc) is 2.94. The smallest absolute Gasteiger partial charge is 0.269 e. The first-order valence-corrected chi connectivity index (χ1v) is 9.92. The molecule has 1 atom stereocenters. The molecule has 8 nitrogen and oxygen atoms in total. The fourth-order valence-corrected chi connectivity index (χ4v) is 3.64. The standard InChI is InChI=1S/C24H20N4O4/c1-15-14-17(28(31)32)12-13-18(15)24(30)27(2)22-23(29)25-20-11-7-6-10-19(20)21(26-22)16-8-4-3-5-9-16/h3-14,22H,1-2H3,(H,25,29). The quantitative estimate of drug-likeness (QED) is 0.504. The molecule has 3 aromatic rings. The van der Waals surface area contributed by atoms with E-state index < -0.39 is 22.9 Å². The number of benzodiazepines with no additional fused rings is 1. The van der Waals surface area contributed by atoms with Crippen LogP contribution in [-0.2, 0) is 4.79 Å². The molecule has 0 saturated heterocycles. The van der Waals surface area contributed by atoms with Crippen LogP contribution in [0, 0.1) is 17.0 Å². The Hall–Kier alpha value is -4.33. The van der Waals surface area contributed by atoms with Crippen LogP contribution in [0.15, 0.2) is 77.8 Å². The number of carbonyl (C=O) groups is 2. The number of nitro benzene ring substituents is 1. The highest BCUT2D eigenvalue weighted by molar-refractivity contribution is 6.20. The minimum absolute atomic E-state index is 0.103. The summed E-state index contributed by atoms with van der Waals surface area (Å²) in [7, 11) is 1.50. The number of benzene rings is 3. The summed E-state index contributed by atoms with van der Waals surface area (Å²) in [6.07, 6.45) is -1.13. The van der Waals surface area contributed by atoms with Crippen molar-refractivity contribution >= 4 is 28.9 Å². The summed E-state index contributed by atoms with van der Waals surface area (Å²) in [5.74, 6) is -0.904. The molecule has 32 heavy (non-hydrogen) atoms. The molecule has 0 aromatic heterocycles. The predicted molar refractivity (Wildman–Crippen MR) is 121 cm³/mol. The highest BCUT2D eigenvalue weighted by Gasteiger charge is 2.32. The van der Waals surface area contributed by atoms with Crippen LogP contribution >= 0.6 is 0 Å². The number of carbonyl (C=O) groups excluding carboxylic acids is 2. The van der Waals surface area contributed by atoms with Crippen LogP contribution < -0.4 is 5.32 Å². The first-order chi connectivity index (χ1) is 15.4. The predicted octanol–water partition coefficient (Wildman–Crippen LogP) is 3.79. The van der Waals surface area contributed by atoms with Crippen LogP contribution in [0.2, 0.25) is 0 Å². The van der Waals surface area contributed by atoms with Gasteiger partial charge in [-0.3, -0.25) is 19.7 Å². The molecule has 0 radical (unpaired) electrons. The molecule has 0 fully saturated rings. The van der Waals surface area contributed by atoms with E-state index in [9.17, 15) is 19.7 Å². The van der Waals surface area contributed by atoms with E-state index in [0.717, 1.165) is 11.1 Å². The van der Waals surface area contributed by atoms with Gasteiger partial charge in [-0.15, -0.1) is 0 Å². The van der Waals surface area contributed by atoms with Crippen molar-refractivity contribution in [2.75, 3.05) is 12.4 Å². The van der Waals surface area contributed by atoms with Gasteiger partial charge < -0.3 is 10.2 Å². The largest absolute Gasteiger partial charge is 0.322 e. The highest BCUT2D eigenvalue weighted by Crippen LogP contribution is 2.26. The Morgan fingerprint density at radius 1 is 1.06 bits per heavy atom. The maximum absolute atomic E-state index is 13.2. The third-order valence-corrected chi connectivity index (χ3v) is 5.31. The first-order valence-electron chi connectivity index (χ1n) is 9.92. The number of non-ortho nitro benzene ring substituents is 1. The van der Waals surface area contributed by atoms with Gasteiger partial charge in [0.2, 0.25) is 6.17 Å². The normalized spacial score (nSPS) is 15.1. The lowest BCUT2D eigenvalue weighted by molar-refractivity contribution is -0.384. The van der Waals surface area contributed by atoms with E-state index in [1.165, 1.54) is 30.1 Å². The molecule has 0 bridgehead atoms. The maximum Gasteiger partial charge on any atom is 0.269 e.